The fourth-order valence-electron chi connectivity index (χ4n) is 3.08. The second kappa shape index (κ2) is 9.07. The van der Waals surface area contributed by atoms with E-state index in [1.807, 2.05) is 6.92 Å². The molecule has 3 unspecified atom stereocenters. The first-order valence-corrected chi connectivity index (χ1v) is 9.45. The van der Waals surface area contributed by atoms with Crippen molar-refractivity contribution in [3.8, 4) is 0 Å². The Morgan fingerprint density at radius 2 is 2.14 bits per heavy atom. The quantitative estimate of drug-likeness (QED) is 0.270. The lowest BCUT2D eigenvalue weighted by Crippen LogP contribution is -2.35. The highest BCUT2D eigenvalue weighted by Gasteiger charge is 2.44. The molecule has 1 aliphatic heterocycles. The smallest absolute Gasteiger partial charge is 0.167 e. The molecule has 28 heavy (non-hydrogen) atoms. The number of aliphatic hydroxyl groups excluding tert-OH is 3. The summed E-state index contributed by atoms with van der Waals surface area (Å²) in [5, 5.41) is 30.0. The SMILES string of the molecule is CCCc1nc(N)c2ncn([C@@H]3O[C@H](CONCCC(C)O)C(O)C3O)c2n1. The van der Waals surface area contributed by atoms with Crippen LogP contribution in [-0.4, -0.2) is 72.4 Å². The number of aliphatic hydroxyl groups is 3. The van der Waals surface area contributed by atoms with E-state index >= 15 is 0 Å². The van der Waals surface area contributed by atoms with Gasteiger partial charge >= 0.3 is 0 Å². The van der Waals surface area contributed by atoms with E-state index in [4.69, 9.17) is 15.3 Å². The van der Waals surface area contributed by atoms with E-state index in [1.165, 1.54) is 6.33 Å². The molecule has 1 fully saturated rings. The number of anilines is 1. The second-order valence-corrected chi connectivity index (χ2v) is 6.99. The molecule has 3 heterocycles. The zero-order valence-electron chi connectivity index (χ0n) is 16.0. The van der Waals surface area contributed by atoms with Gasteiger partial charge in [-0.15, -0.1) is 0 Å². The molecule has 2 aromatic rings. The Kier molecular flexibility index (Phi) is 6.75. The summed E-state index contributed by atoms with van der Waals surface area (Å²) in [5.41, 5.74) is 9.55. The molecule has 1 aliphatic rings. The summed E-state index contributed by atoms with van der Waals surface area (Å²) in [5.74, 6) is 0.854. The average Bonchev–Trinajstić information content (AvgIpc) is 3.18. The van der Waals surface area contributed by atoms with Crippen molar-refractivity contribution in [3.05, 3.63) is 12.2 Å². The largest absolute Gasteiger partial charge is 0.393 e. The number of hydrogen-bond donors (Lipinski definition) is 5. The van der Waals surface area contributed by atoms with Crippen LogP contribution in [0.25, 0.3) is 11.2 Å². The van der Waals surface area contributed by atoms with Crippen LogP contribution in [0.4, 0.5) is 5.82 Å². The number of aromatic nitrogens is 4. The van der Waals surface area contributed by atoms with Crippen LogP contribution in [0.2, 0.25) is 0 Å². The lowest BCUT2D eigenvalue weighted by molar-refractivity contribution is -0.0868. The number of hydrogen-bond acceptors (Lipinski definition) is 10. The van der Waals surface area contributed by atoms with Crippen LogP contribution in [-0.2, 0) is 16.0 Å². The summed E-state index contributed by atoms with van der Waals surface area (Å²) in [6.45, 7) is 4.18. The molecule has 0 amide bonds. The highest BCUT2D eigenvalue weighted by molar-refractivity contribution is 5.81. The molecule has 0 aliphatic carbocycles. The Bertz CT molecular complexity index is 785. The fraction of sp³-hybridized carbons (Fsp3) is 0.706. The van der Waals surface area contributed by atoms with E-state index in [2.05, 4.69) is 20.4 Å². The third kappa shape index (κ3) is 4.40. The van der Waals surface area contributed by atoms with Crippen LogP contribution in [0, 0.1) is 0 Å². The van der Waals surface area contributed by atoms with Gasteiger partial charge in [0.2, 0.25) is 0 Å². The molecule has 3 rings (SSSR count). The third-order valence-corrected chi connectivity index (χ3v) is 4.59. The van der Waals surface area contributed by atoms with Crippen LogP contribution in [0.5, 0.6) is 0 Å². The number of rotatable bonds is 9. The first-order chi connectivity index (χ1) is 13.4. The molecule has 5 atom stereocenters. The van der Waals surface area contributed by atoms with E-state index in [-0.39, 0.29) is 12.4 Å². The van der Waals surface area contributed by atoms with Gasteiger partial charge in [-0.2, -0.15) is 0 Å². The highest BCUT2D eigenvalue weighted by Crippen LogP contribution is 2.32. The normalized spacial score (nSPS) is 26.2. The lowest BCUT2D eigenvalue weighted by atomic mass is 10.1. The highest BCUT2D eigenvalue weighted by atomic mass is 16.7. The maximum absolute atomic E-state index is 10.5. The first kappa shape index (κ1) is 20.8. The Morgan fingerprint density at radius 3 is 2.86 bits per heavy atom. The number of nitrogens with zero attached hydrogens (tertiary/aromatic N) is 4. The lowest BCUT2D eigenvalue weighted by Gasteiger charge is -2.17. The number of nitrogens with one attached hydrogen (secondary N) is 1. The number of fused-ring (bicyclic) bond motifs is 1. The van der Waals surface area contributed by atoms with E-state index in [1.54, 1.807) is 11.5 Å². The molecule has 0 aromatic carbocycles. The Balaban J connectivity index is 1.71. The minimum absolute atomic E-state index is 0.0272. The van der Waals surface area contributed by atoms with Crippen LogP contribution in [0.3, 0.4) is 0 Å². The number of nitrogen functional groups attached to an aromatic ring is 1. The minimum Gasteiger partial charge on any atom is -0.393 e. The fourth-order valence-corrected chi connectivity index (χ4v) is 3.08. The molecule has 11 nitrogen and oxygen atoms in total. The molecule has 0 saturated carbocycles. The van der Waals surface area contributed by atoms with E-state index in [0.717, 1.165) is 6.42 Å². The van der Waals surface area contributed by atoms with Crippen LogP contribution in [0.1, 0.15) is 38.7 Å². The Labute approximate surface area is 162 Å². The number of aryl methyl sites for hydroxylation is 1. The van der Waals surface area contributed by atoms with E-state index < -0.39 is 30.6 Å². The molecule has 1 saturated heterocycles. The maximum Gasteiger partial charge on any atom is 0.167 e. The zero-order valence-corrected chi connectivity index (χ0v) is 16.0. The van der Waals surface area contributed by atoms with Crippen molar-refractivity contribution < 1.29 is 24.9 Å². The number of ether oxygens (including phenoxy) is 1. The van der Waals surface area contributed by atoms with Gasteiger partial charge in [-0.05, 0) is 19.8 Å². The predicted molar refractivity (Wildman–Crippen MR) is 99.9 cm³/mol. The summed E-state index contributed by atoms with van der Waals surface area (Å²) in [4.78, 5) is 18.2. The van der Waals surface area contributed by atoms with Gasteiger partial charge in [-0.1, -0.05) is 6.92 Å². The molecule has 0 bridgehead atoms. The Morgan fingerprint density at radius 1 is 1.36 bits per heavy atom. The van der Waals surface area contributed by atoms with Gasteiger partial charge in [0.15, 0.2) is 17.7 Å². The standard InChI is InChI=1S/C17H28N6O5/c1-3-4-11-21-15(18)12-16(22-11)23(8-19-12)17-14(26)13(25)10(28-17)7-27-20-6-5-9(2)24/h8-10,13-14,17,20,24-26H,3-7H2,1-2H3,(H2,18,21,22)/t9?,10-,13?,14?,17-/m1/s1. The second-order valence-electron chi connectivity index (χ2n) is 6.99. The van der Waals surface area contributed by atoms with Crippen molar-refractivity contribution in [2.45, 2.75) is 63.8 Å². The molecule has 11 heteroatoms. The van der Waals surface area contributed by atoms with Crippen molar-refractivity contribution in [2.24, 2.45) is 0 Å². The van der Waals surface area contributed by atoms with Crippen LogP contribution in [0.15, 0.2) is 6.33 Å². The molecule has 0 spiro atoms. The van der Waals surface area contributed by atoms with Gasteiger partial charge in [-0.3, -0.25) is 9.40 Å². The minimum atomic E-state index is -1.19. The van der Waals surface area contributed by atoms with Gasteiger partial charge < -0.3 is 25.8 Å². The van der Waals surface area contributed by atoms with E-state index in [9.17, 15) is 15.3 Å². The summed E-state index contributed by atoms with van der Waals surface area (Å²) in [7, 11) is 0. The molecule has 156 valence electrons. The molecule has 0 radical (unpaired) electrons. The first-order valence-electron chi connectivity index (χ1n) is 9.45. The van der Waals surface area contributed by atoms with Gasteiger partial charge in [0.1, 0.15) is 29.7 Å². The van der Waals surface area contributed by atoms with Crippen molar-refractivity contribution in [3.63, 3.8) is 0 Å². The molecule has 6 N–H and O–H groups in total. The van der Waals surface area contributed by atoms with Crippen LogP contribution < -0.4 is 11.2 Å². The van der Waals surface area contributed by atoms with Crippen molar-refractivity contribution in [1.29, 1.82) is 0 Å². The number of imidazole rings is 1. The average molecular weight is 396 g/mol. The van der Waals surface area contributed by atoms with Gasteiger partial charge in [0.05, 0.1) is 19.0 Å². The number of nitrogens with two attached hydrogens (primary N) is 1. The molecular weight excluding hydrogens is 368 g/mol. The predicted octanol–water partition coefficient (Wildman–Crippen LogP) is -0.728. The summed E-state index contributed by atoms with van der Waals surface area (Å²) in [6, 6.07) is 0. The summed E-state index contributed by atoms with van der Waals surface area (Å²) >= 11 is 0. The van der Waals surface area contributed by atoms with Crippen molar-refractivity contribution >= 4 is 17.0 Å². The van der Waals surface area contributed by atoms with Crippen molar-refractivity contribution in [1.82, 2.24) is 25.0 Å². The van der Waals surface area contributed by atoms with Crippen LogP contribution >= 0.6 is 0 Å². The summed E-state index contributed by atoms with van der Waals surface area (Å²) < 4.78 is 7.37. The van der Waals surface area contributed by atoms with Gasteiger partial charge in [0, 0.05) is 13.0 Å². The Hall–Kier alpha value is -1.89. The molecular formula is C17H28N6O5. The van der Waals surface area contributed by atoms with E-state index in [0.29, 0.717) is 36.4 Å². The van der Waals surface area contributed by atoms with Gasteiger partial charge in [0.25, 0.3) is 0 Å². The third-order valence-electron chi connectivity index (χ3n) is 4.59. The van der Waals surface area contributed by atoms with Crippen molar-refractivity contribution in [2.75, 3.05) is 18.9 Å². The topological polar surface area (TPSA) is 161 Å². The zero-order chi connectivity index (χ0) is 20.3. The van der Waals surface area contributed by atoms with Gasteiger partial charge in [-0.25, -0.2) is 20.4 Å². The monoisotopic (exact) mass is 396 g/mol. The number of hydroxylamine groups is 1. The maximum atomic E-state index is 10.5. The summed E-state index contributed by atoms with van der Waals surface area (Å²) in [6.07, 6.45) is -0.863. The molecule has 2 aromatic heterocycles.